The molecule has 156 valence electrons. The number of methoxy groups -OCH3 is 3. The highest BCUT2D eigenvalue weighted by molar-refractivity contribution is 5.87. The first kappa shape index (κ1) is 21.0. The van der Waals surface area contributed by atoms with Crippen molar-refractivity contribution in [1.82, 2.24) is 4.98 Å². The number of rotatable bonds is 8. The van der Waals surface area contributed by atoms with E-state index in [1.165, 1.54) is 27.4 Å². The molecule has 1 aromatic heterocycles. The lowest BCUT2D eigenvalue weighted by Crippen LogP contribution is -2.02. The molecule has 3 rings (SSSR count). The predicted octanol–water partition coefficient (Wildman–Crippen LogP) is 4.43. The Hall–Kier alpha value is -3.74. The monoisotopic (exact) mass is 409 g/mol. The summed E-state index contributed by atoms with van der Waals surface area (Å²) in [6.45, 7) is 1.80. The van der Waals surface area contributed by atoms with Crippen molar-refractivity contribution >= 4 is 12.0 Å². The molecule has 3 aromatic rings. The van der Waals surface area contributed by atoms with Crippen LogP contribution in [0.1, 0.15) is 17.0 Å². The molecule has 0 bridgehead atoms. The van der Waals surface area contributed by atoms with Crippen LogP contribution in [0, 0.1) is 6.92 Å². The van der Waals surface area contributed by atoms with Gasteiger partial charge in [-0.15, -0.1) is 0 Å². The molecule has 1 heterocycles. The van der Waals surface area contributed by atoms with E-state index >= 15 is 0 Å². The van der Waals surface area contributed by atoms with Crippen LogP contribution in [0.3, 0.4) is 0 Å². The summed E-state index contributed by atoms with van der Waals surface area (Å²) >= 11 is 0. The molecule has 0 spiro atoms. The van der Waals surface area contributed by atoms with Gasteiger partial charge in [0.25, 0.3) is 0 Å². The number of esters is 1. The second-order valence-electron chi connectivity index (χ2n) is 6.29. The summed E-state index contributed by atoms with van der Waals surface area (Å²) in [6.07, 6.45) is 2.94. The molecule has 0 atom stereocenters. The van der Waals surface area contributed by atoms with Gasteiger partial charge in [0.05, 0.1) is 21.3 Å². The molecule has 30 heavy (non-hydrogen) atoms. The molecule has 0 radical (unpaired) electrons. The van der Waals surface area contributed by atoms with E-state index in [2.05, 4.69) is 4.98 Å². The molecule has 0 aliphatic heterocycles. The van der Waals surface area contributed by atoms with Crippen molar-refractivity contribution in [3.63, 3.8) is 0 Å². The van der Waals surface area contributed by atoms with Crippen molar-refractivity contribution in [2.75, 3.05) is 21.3 Å². The van der Waals surface area contributed by atoms with Crippen LogP contribution in [0.5, 0.6) is 17.2 Å². The van der Waals surface area contributed by atoms with E-state index in [1.54, 1.807) is 25.1 Å². The second-order valence-corrected chi connectivity index (χ2v) is 6.29. The molecule has 0 saturated carbocycles. The number of hydrogen-bond donors (Lipinski definition) is 0. The van der Waals surface area contributed by atoms with E-state index < -0.39 is 5.97 Å². The summed E-state index contributed by atoms with van der Waals surface area (Å²) < 4.78 is 26.9. The van der Waals surface area contributed by atoms with E-state index in [4.69, 9.17) is 23.4 Å². The minimum Gasteiger partial charge on any atom is -0.493 e. The van der Waals surface area contributed by atoms with E-state index in [0.717, 1.165) is 5.56 Å². The van der Waals surface area contributed by atoms with Crippen LogP contribution in [0.2, 0.25) is 0 Å². The minimum atomic E-state index is -0.507. The summed E-state index contributed by atoms with van der Waals surface area (Å²) in [5.74, 6) is 2.07. The summed E-state index contributed by atoms with van der Waals surface area (Å²) in [5.41, 5.74) is 2.13. The molecule has 0 aliphatic carbocycles. The van der Waals surface area contributed by atoms with Crippen LogP contribution in [-0.4, -0.2) is 32.3 Å². The highest BCUT2D eigenvalue weighted by atomic mass is 16.5. The van der Waals surface area contributed by atoms with Gasteiger partial charge in [0.2, 0.25) is 11.6 Å². The maximum absolute atomic E-state index is 12.2. The van der Waals surface area contributed by atoms with Gasteiger partial charge in [-0.2, -0.15) is 0 Å². The highest BCUT2D eigenvalue weighted by Crippen LogP contribution is 2.38. The molecule has 0 amide bonds. The van der Waals surface area contributed by atoms with Gasteiger partial charge in [0.1, 0.15) is 18.1 Å². The van der Waals surface area contributed by atoms with Crippen molar-refractivity contribution < 1.29 is 28.2 Å². The SMILES string of the molecule is COc1cc(/C=C/C(=O)OCc2nc(-c3ccccc3)oc2C)cc(OC)c1OC. The molecule has 2 aromatic carbocycles. The molecule has 7 heteroatoms. The lowest BCUT2D eigenvalue weighted by Gasteiger charge is -2.12. The third-order valence-electron chi connectivity index (χ3n) is 4.36. The summed E-state index contributed by atoms with van der Waals surface area (Å²) in [7, 11) is 4.59. The van der Waals surface area contributed by atoms with Crippen LogP contribution in [0.15, 0.2) is 53.0 Å². The van der Waals surface area contributed by atoms with E-state index in [-0.39, 0.29) is 6.61 Å². The smallest absolute Gasteiger partial charge is 0.331 e. The van der Waals surface area contributed by atoms with Crippen molar-refractivity contribution in [2.45, 2.75) is 13.5 Å². The first-order chi connectivity index (χ1) is 14.5. The fraction of sp³-hybridized carbons (Fsp3) is 0.217. The number of aryl methyl sites for hydroxylation is 1. The number of hydrogen-bond acceptors (Lipinski definition) is 7. The standard InChI is InChI=1S/C23H23NO6/c1-15-18(24-23(30-15)17-8-6-5-7-9-17)14-29-21(25)11-10-16-12-19(26-2)22(28-4)20(13-16)27-3/h5-13H,14H2,1-4H3/b11-10+. The molecular weight excluding hydrogens is 386 g/mol. The van der Waals surface area contributed by atoms with Gasteiger partial charge in [-0.05, 0) is 42.8 Å². The van der Waals surface area contributed by atoms with Gasteiger partial charge in [-0.1, -0.05) is 18.2 Å². The van der Waals surface area contributed by atoms with Gasteiger partial charge in [0, 0.05) is 11.6 Å². The number of carbonyl (C=O) groups is 1. The first-order valence-corrected chi connectivity index (χ1v) is 9.22. The lowest BCUT2D eigenvalue weighted by molar-refractivity contribution is -0.139. The molecule has 0 aliphatic rings. The number of carbonyl (C=O) groups excluding carboxylic acids is 1. The molecule has 0 N–H and O–H groups in total. The van der Waals surface area contributed by atoms with Crippen LogP contribution in [-0.2, 0) is 16.1 Å². The van der Waals surface area contributed by atoms with E-state index in [9.17, 15) is 4.79 Å². The Morgan fingerprint density at radius 1 is 1.03 bits per heavy atom. The van der Waals surface area contributed by atoms with Gasteiger partial charge in [-0.25, -0.2) is 9.78 Å². The molecule has 0 saturated heterocycles. The van der Waals surface area contributed by atoms with E-state index in [1.807, 2.05) is 30.3 Å². The zero-order chi connectivity index (χ0) is 21.5. The van der Waals surface area contributed by atoms with Gasteiger partial charge >= 0.3 is 5.97 Å². The van der Waals surface area contributed by atoms with Crippen molar-refractivity contribution in [3.8, 4) is 28.7 Å². The second kappa shape index (κ2) is 9.65. The van der Waals surface area contributed by atoms with Crippen molar-refractivity contribution in [1.29, 1.82) is 0 Å². The summed E-state index contributed by atoms with van der Waals surface area (Å²) in [4.78, 5) is 16.6. The topological polar surface area (TPSA) is 80.0 Å². The number of aromatic nitrogens is 1. The zero-order valence-corrected chi connectivity index (χ0v) is 17.3. The number of nitrogens with zero attached hydrogens (tertiary/aromatic N) is 1. The maximum atomic E-state index is 12.2. The third kappa shape index (κ3) is 4.81. The Labute approximate surface area is 174 Å². The fourth-order valence-electron chi connectivity index (χ4n) is 2.82. The molecular formula is C23H23NO6. The third-order valence-corrected chi connectivity index (χ3v) is 4.36. The average Bonchev–Trinajstić information content (AvgIpc) is 3.16. The van der Waals surface area contributed by atoms with Crippen molar-refractivity contribution in [3.05, 3.63) is 65.6 Å². The summed E-state index contributed by atoms with van der Waals surface area (Å²) in [6, 6.07) is 13.0. The quantitative estimate of drug-likeness (QED) is 0.402. The van der Waals surface area contributed by atoms with Crippen LogP contribution in [0.25, 0.3) is 17.5 Å². The Morgan fingerprint density at radius 3 is 2.30 bits per heavy atom. The van der Waals surface area contributed by atoms with E-state index in [0.29, 0.717) is 40.2 Å². The van der Waals surface area contributed by atoms with Gasteiger partial charge in [0.15, 0.2) is 11.5 Å². The first-order valence-electron chi connectivity index (χ1n) is 9.22. The Kier molecular flexibility index (Phi) is 6.75. The normalized spacial score (nSPS) is 10.8. The predicted molar refractivity (Wildman–Crippen MR) is 112 cm³/mol. The molecule has 7 nitrogen and oxygen atoms in total. The number of oxazole rings is 1. The number of ether oxygens (including phenoxy) is 4. The Morgan fingerprint density at radius 2 is 1.70 bits per heavy atom. The van der Waals surface area contributed by atoms with Crippen LogP contribution >= 0.6 is 0 Å². The largest absolute Gasteiger partial charge is 0.493 e. The minimum absolute atomic E-state index is 0.0145. The summed E-state index contributed by atoms with van der Waals surface area (Å²) in [5, 5.41) is 0. The Balaban J connectivity index is 1.67. The molecule has 0 fully saturated rings. The highest BCUT2D eigenvalue weighted by Gasteiger charge is 2.14. The van der Waals surface area contributed by atoms with Crippen LogP contribution in [0.4, 0.5) is 0 Å². The van der Waals surface area contributed by atoms with Crippen molar-refractivity contribution in [2.24, 2.45) is 0 Å². The van der Waals surface area contributed by atoms with Crippen LogP contribution < -0.4 is 14.2 Å². The average molecular weight is 409 g/mol. The van der Waals surface area contributed by atoms with Gasteiger partial charge < -0.3 is 23.4 Å². The number of benzene rings is 2. The molecule has 0 unspecified atom stereocenters. The fourth-order valence-corrected chi connectivity index (χ4v) is 2.82. The maximum Gasteiger partial charge on any atom is 0.331 e. The Bertz CT molecular complexity index is 1010. The van der Waals surface area contributed by atoms with Gasteiger partial charge in [-0.3, -0.25) is 0 Å². The zero-order valence-electron chi connectivity index (χ0n) is 17.3. The lowest BCUT2D eigenvalue weighted by atomic mass is 10.1.